The van der Waals surface area contributed by atoms with Crippen LogP contribution in [-0.4, -0.2) is 36.8 Å². The van der Waals surface area contributed by atoms with Gasteiger partial charge in [-0.1, -0.05) is 24.6 Å². The van der Waals surface area contributed by atoms with E-state index in [9.17, 15) is 4.79 Å². The molecule has 3 rings (SSSR count). The van der Waals surface area contributed by atoms with E-state index in [0.717, 1.165) is 12.8 Å². The first kappa shape index (κ1) is 13.4. The van der Waals surface area contributed by atoms with Crippen LogP contribution in [0.2, 0.25) is 0 Å². The maximum absolute atomic E-state index is 12.1. The molecule has 7 heteroatoms. The zero-order valence-corrected chi connectivity index (χ0v) is 12.1. The molecule has 1 saturated carbocycles. The molecule has 0 saturated heterocycles. The summed E-state index contributed by atoms with van der Waals surface area (Å²) >= 11 is 1.37. The first-order valence-electron chi connectivity index (χ1n) is 6.87. The van der Waals surface area contributed by atoms with Crippen LogP contribution in [0, 0.1) is 0 Å². The molecule has 1 aliphatic carbocycles. The van der Waals surface area contributed by atoms with E-state index in [0.29, 0.717) is 17.0 Å². The molecule has 0 aromatic carbocycles. The highest BCUT2D eigenvalue weighted by atomic mass is 32.2. The number of thioether (sulfide) groups is 1. The van der Waals surface area contributed by atoms with Gasteiger partial charge in [-0.25, -0.2) is 9.50 Å². The van der Waals surface area contributed by atoms with E-state index in [2.05, 4.69) is 20.4 Å². The molecule has 1 N–H and O–H groups in total. The number of aromatic nitrogens is 4. The van der Waals surface area contributed by atoms with Gasteiger partial charge in [0.05, 0.1) is 5.25 Å². The molecule has 106 valence electrons. The Hall–Kier alpha value is -1.63. The summed E-state index contributed by atoms with van der Waals surface area (Å²) in [5.41, 5.74) is 0. The molecule has 20 heavy (non-hydrogen) atoms. The van der Waals surface area contributed by atoms with Crippen molar-refractivity contribution in [3.8, 4) is 0 Å². The van der Waals surface area contributed by atoms with Gasteiger partial charge in [-0.05, 0) is 25.8 Å². The Morgan fingerprint density at radius 2 is 2.30 bits per heavy atom. The van der Waals surface area contributed by atoms with Crippen LogP contribution in [0.15, 0.2) is 23.6 Å². The summed E-state index contributed by atoms with van der Waals surface area (Å²) in [5, 5.41) is 7.77. The van der Waals surface area contributed by atoms with Crippen molar-refractivity contribution >= 4 is 23.4 Å². The summed E-state index contributed by atoms with van der Waals surface area (Å²) < 4.78 is 1.62. The maximum Gasteiger partial charge on any atom is 0.253 e. The summed E-state index contributed by atoms with van der Waals surface area (Å²) in [4.78, 5) is 20.5. The number of nitrogens with zero attached hydrogens (tertiary/aromatic N) is 4. The lowest BCUT2D eigenvalue weighted by molar-refractivity contribution is -0.120. The van der Waals surface area contributed by atoms with Crippen molar-refractivity contribution in [2.45, 2.75) is 49.1 Å². The number of hydrogen-bond donors (Lipinski definition) is 1. The molecule has 0 aliphatic heterocycles. The van der Waals surface area contributed by atoms with Crippen molar-refractivity contribution in [2.75, 3.05) is 0 Å². The SMILES string of the molecule is C[C@H](Sc1nc2ncccn2n1)C(=O)NC1CCCC1. The number of carbonyl (C=O) groups is 1. The third-order valence-electron chi connectivity index (χ3n) is 3.45. The lowest BCUT2D eigenvalue weighted by Crippen LogP contribution is -2.37. The average molecular weight is 291 g/mol. The molecule has 0 unspecified atom stereocenters. The monoisotopic (exact) mass is 291 g/mol. The zero-order chi connectivity index (χ0) is 13.9. The molecule has 2 heterocycles. The van der Waals surface area contributed by atoms with Crippen LogP contribution in [0.1, 0.15) is 32.6 Å². The number of nitrogens with one attached hydrogen (secondary N) is 1. The molecule has 2 aromatic rings. The molecular formula is C13H17N5OS. The second kappa shape index (κ2) is 5.78. The van der Waals surface area contributed by atoms with Gasteiger partial charge in [-0.3, -0.25) is 4.79 Å². The predicted octanol–water partition coefficient (Wildman–Crippen LogP) is 1.66. The number of carbonyl (C=O) groups excluding carboxylic acids is 1. The fourth-order valence-electron chi connectivity index (χ4n) is 2.36. The van der Waals surface area contributed by atoms with Crippen LogP contribution >= 0.6 is 11.8 Å². The Labute approximate surface area is 121 Å². The van der Waals surface area contributed by atoms with Crippen LogP contribution in [0.25, 0.3) is 5.78 Å². The molecule has 0 bridgehead atoms. The first-order chi connectivity index (χ1) is 9.72. The topological polar surface area (TPSA) is 72.2 Å². The molecule has 1 amide bonds. The highest BCUT2D eigenvalue weighted by Crippen LogP contribution is 2.22. The maximum atomic E-state index is 12.1. The third kappa shape index (κ3) is 2.92. The Morgan fingerprint density at radius 3 is 3.05 bits per heavy atom. The highest BCUT2D eigenvalue weighted by molar-refractivity contribution is 8.00. The summed E-state index contributed by atoms with van der Waals surface area (Å²) in [5.74, 6) is 0.618. The van der Waals surface area contributed by atoms with Gasteiger partial charge < -0.3 is 5.32 Å². The van der Waals surface area contributed by atoms with E-state index < -0.39 is 0 Å². The third-order valence-corrected chi connectivity index (χ3v) is 4.40. The van der Waals surface area contributed by atoms with Crippen molar-refractivity contribution in [1.82, 2.24) is 24.9 Å². The fourth-order valence-corrected chi connectivity index (χ4v) is 3.12. The molecule has 1 atom stereocenters. The first-order valence-corrected chi connectivity index (χ1v) is 7.75. The van der Waals surface area contributed by atoms with Gasteiger partial charge in [0, 0.05) is 18.4 Å². The Balaban J connectivity index is 1.62. The molecule has 6 nitrogen and oxygen atoms in total. The van der Waals surface area contributed by atoms with Gasteiger partial charge in [0.25, 0.3) is 5.78 Å². The smallest absolute Gasteiger partial charge is 0.253 e. The summed E-state index contributed by atoms with van der Waals surface area (Å²) in [6.07, 6.45) is 8.09. The van der Waals surface area contributed by atoms with Crippen LogP contribution in [0.5, 0.6) is 0 Å². The van der Waals surface area contributed by atoms with E-state index in [1.54, 1.807) is 23.0 Å². The molecule has 0 radical (unpaired) electrons. The minimum absolute atomic E-state index is 0.0636. The van der Waals surface area contributed by atoms with Gasteiger partial charge in [0.15, 0.2) is 0 Å². The number of hydrogen-bond acceptors (Lipinski definition) is 5. The highest BCUT2D eigenvalue weighted by Gasteiger charge is 2.22. The molecule has 1 fully saturated rings. The lowest BCUT2D eigenvalue weighted by atomic mass is 10.2. The zero-order valence-electron chi connectivity index (χ0n) is 11.3. The Morgan fingerprint density at radius 1 is 1.50 bits per heavy atom. The van der Waals surface area contributed by atoms with Crippen molar-refractivity contribution in [2.24, 2.45) is 0 Å². The second-order valence-electron chi connectivity index (χ2n) is 5.01. The van der Waals surface area contributed by atoms with Crippen LogP contribution in [0.4, 0.5) is 0 Å². The van der Waals surface area contributed by atoms with E-state index in [1.807, 2.05) is 6.92 Å². The summed E-state index contributed by atoms with van der Waals surface area (Å²) in [6, 6.07) is 2.15. The van der Waals surface area contributed by atoms with Crippen LogP contribution in [0.3, 0.4) is 0 Å². The van der Waals surface area contributed by atoms with Gasteiger partial charge in [0.2, 0.25) is 11.1 Å². The molecule has 2 aromatic heterocycles. The Bertz CT molecular complexity index is 575. The quantitative estimate of drug-likeness (QED) is 0.867. The van der Waals surface area contributed by atoms with Gasteiger partial charge in [-0.15, -0.1) is 5.10 Å². The van der Waals surface area contributed by atoms with Gasteiger partial charge in [0.1, 0.15) is 0 Å². The van der Waals surface area contributed by atoms with E-state index >= 15 is 0 Å². The second-order valence-corrected chi connectivity index (χ2v) is 6.32. The number of rotatable bonds is 4. The predicted molar refractivity (Wildman–Crippen MR) is 76.5 cm³/mol. The summed E-state index contributed by atoms with van der Waals surface area (Å²) in [6.45, 7) is 1.88. The van der Waals surface area contributed by atoms with Crippen molar-refractivity contribution in [1.29, 1.82) is 0 Å². The molecule has 1 aliphatic rings. The summed E-state index contributed by atoms with van der Waals surface area (Å²) in [7, 11) is 0. The Kier molecular flexibility index (Phi) is 3.86. The minimum Gasteiger partial charge on any atom is -0.352 e. The molecule has 0 spiro atoms. The minimum atomic E-state index is -0.201. The number of fused-ring (bicyclic) bond motifs is 1. The largest absolute Gasteiger partial charge is 0.352 e. The van der Waals surface area contributed by atoms with E-state index in [-0.39, 0.29) is 11.2 Å². The van der Waals surface area contributed by atoms with Crippen molar-refractivity contribution < 1.29 is 4.79 Å². The normalized spacial score (nSPS) is 17.4. The number of amides is 1. The van der Waals surface area contributed by atoms with Crippen LogP contribution < -0.4 is 5.32 Å². The van der Waals surface area contributed by atoms with E-state index in [1.165, 1.54) is 24.6 Å². The van der Waals surface area contributed by atoms with Crippen molar-refractivity contribution in [3.63, 3.8) is 0 Å². The standard InChI is InChI=1S/C13H17N5OS/c1-9(11(19)15-10-5-2-3-6-10)20-13-16-12-14-7-4-8-18(12)17-13/h4,7-10H,2-3,5-6H2,1H3,(H,15,19)/t9-/m0/s1. The fraction of sp³-hybridized carbons (Fsp3) is 0.538. The molecular weight excluding hydrogens is 274 g/mol. The van der Waals surface area contributed by atoms with Gasteiger partial charge >= 0.3 is 0 Å². The van der Waals surface area contributed by atoms with Gasteiger partial charge in [-0.2, -0.15) is 4.98 Å². The lowest BCUT2D eigenvalue weighted by Gasteiger charge is -2.15. The average Bonchev–Trinajstić information content (AvgIpc) is 3.06. The van der Waals surface area contributed by atoms with Crippen LogP contribution in [-0.2, 0) is 4.79 Å². The van der Waals surface area contributed by atoms with E-state index in [4.69, 9.17) is 0 Å². The van der Waals surface area contributed by atoms with Crippen molar-refractivity contribution in [3.05, 3.63) is 18.5 Å².